The minimum atomic E-state index is -0.280. The molecule has 0 aromatic rings. The van der Waals surface area contributed by atoms with Crippen LogP contribution in [-0.2, 0) is 4.79 Å². The van der Waals surface area contributed by atoms with Crippen LogP contribution >= 0.6 is 15.9 Å². The van der Waals surface area contributed by atoms with E-state index in [1.165, 1.54) is 0 Å². The van der Waals surface area contributed by atoms with E-state index < -0.39 is 0 Å². The van der Waals surface area contributed by atoms with Crippen molar-refractivity contribution in [3.05, 3.63) is 0 Å². The molecule has 4 fully saturated rings. The van der Waals surface area contributed by atoms with Gasteiger partial charge in [-0.15, -0.1) is 0 Å². The van der Waals surface area contributed by atoms with E-state index in [9.17, 15) is 15.2 Å². The van der Waals surface area contributed by atoms with Gasteiger partial charge in [-0.25, -0.2) is 0 Å². The second-order valence-corrected chi connectivity index (χ2v) is 10.6. The van der Waals surface area contributed by atoms with Crippen molar-refractivity contribution in [2.45, 2.75) is 69.7 Å². The Morgan fingerprint density at radius 1 is 1.21 bits per heavy atom. The van der Waals surface area contributed by atoms with Gasteiger partial charge >= 0.3 is 0 Å². The first-order valence-electron chi connectivity index (χ1n) is 9.55. The van der Waals surface area contributed by atoms with Crippen LogP contribution in [0.2, 0.25) is 0 Å². The molecule has 0 unspecified atom stereocenters. The van der Waals surface area contributed by atoms with Crippen LogP contribution in [0.25, 0.3) is 0 Å². The molecule has 24 heavy (non-hydrogen) atoms. The average molecular weight is 394 g/mol. The summed E-state index contributed by atoms with van der Waals surface area (Å²) in [5.74, 6) is 2.04. The van der Waals surface area contributed by atoms with E-state index in [4.69, 9.17) is 0 Å². The van der Waals surface area contributed by atoms with Crippen LogP contribution in [0.5, 0.6) is 0 Å². The summed E-state index contributed by atoms with van der Waals surface area (Å²) < 4.78 is 0. The zero-order valence-electron chi connectivity index (χ0n) is 14.7. The molecule has 0 aromatic carbocycles. The van der Waals surface area contributed by atoms with Crippen LogP contribution in [0.3, 0.4) is 0 Å². The number of aliphatic hydroxyl groups excluding tert-OH is 1. The first-order chi connectivity index (χ1) is 11.3. The highest BCUT2D eigenvalue weighted by Crippen LogP contribution is 2.66. The highest BCUT2D eigenvalue weighted by Gasteiger charge is 2.63. The van der Waals surface area contributed by atoms with Gasteiger partial charge in [-0.1, -0.05) is 29.8 Å². The van der Waals surface area contributed by atoms with Crippen molar-refractivity contribution < 1.29 is 9.90 Å². The Bertz CT molecular complexity index is 601. The van der Waals surface area contributed by atoms with Gasteiger partial charge in [0.1, 0.15) is 5.78 Å². The van der Waals surface area contributed by atoms with Gasteiger partial charge in [0.2, 0.25) is 0 Å². The molecule has 4 aliphatic rings. The zero-order valence-corrected chi connectivity index (χ0v) is 16.3. The van der Waals surface area contributed by atoms with Gasteiger partial charge in [-0.2, -0.15) is 5.26 Å². The van der Waals surface area contributed by atoms with E-state index in [1.54, 1.807) is 0 Å². The number of rotatable bonds is 0. The molecule has 0 amide bonds. The predicted octanol–water partition coefficient (Wildman–Crippen LogP) is 4.08. The summed E-state index contributed by atoms with van der Waals surface area (Å²) in [6.45, 7) is 4.52. The van der Waals surface area contributed by atoms with Crippen molar-refractivity contribution in [2.75, 3.05) is 0 Å². The Labute approximate surface area is 153 Å². The molecule has 9 atom stereocenters. The minimum absolute atomic E-state index is 0.0133. The summed E-state index contributed by atoms with van der Waals surface area (Å²) >= 11 is 3.67. The summed E-state index contributed by atoms with van der Waals surface area (Å²) in [5, 5.41) is 19.8. The van der Waals surface area contributed by atoms with Gasteiger partial charge in [0.25, 0.3) is 0 Å². The quantitative estimate of drug-likeness (QED) is 0.630. The molecule has 3 nitrogen and oxygen atoms in total. The number of hydrogen-bond donors (Lipinski definition) is 1. The summed E-state index contributed by atoms with van der Waals surface area (Å²) in [5.41, 5.74) is -0.0857. The Morgan fingerprint density at radius 2 is 1.96 bits per heavy atom. The van der Waals surface area contributed by atoms with Crippen molar-refractivity contribution in [2.24, 2.45) is 40.4 Å². The van der Waals surface area contributed by atoms with Crippen molar-refractivity contribution in [3.8, 4) is 6.07 Å². The molecule has 0 spiro atoms. The summed E-state index contributed by atoms with van der Waals surface area (Å²) in [7, 11) is 0. The number of nitrogens with zero attached hydrogens (tertiary/aromatic N) is 1. The molecule has 0 saturated heterocycles. The topological polar surface area (TPSA) is 61.1 Å². The first kappa shape index (κ1) is 17.0. The summed E-state index contributed by atoms with van der Waals surface area (Å²) in [6.07, 6.45) is 6.36. The molecule has 4 heteroatoms. The van der Waals surface area contributed by atoms with Crippen LogP contribution < -0.4 is 0 Å². The van der Waals surface area contributed by atoms with Gasteiger partial charge in [0.15, 0.2) is 0 Å². The number of carbonyl (C=O) groups excluding carboxylic acids is 1. The van der Waals surface area contributed by atoms with Crippen LogP contribution in [0, 0.1) is 51.8 Å². The Morgan fingerprint density at radius 3 is 2.67 bits per heavy atom. The van der Waals surface area contributed by atoms with E-state index in [0.717, 1.165) is 38.5 Å². The van der Waals surface area contributed by atoms with Gasteiger partial charge in [0, 0.05) is 17.2 Å². The molecular formula is C20H28BrNO2. The van der Waals surface area contributed by atoms with Crippen molar-refractivity contribution in [1.29, 1.82) is 5.26 Å². The molecule has 1 N–H and O–H groups in total. The molecule has 0 radical (unpaired) electrons. The van der Waals surface area contributed by atoms with E-state index in [1.807, 2.05) is 0 Å². The highest BCUT2D eigenvalue weighted by atomic mass is 79.9. The standard InChI is InChI=1S/C20H28BrNO2/c1-19-9-17(24)18-13(14(19)6-4-12(19)10-22)5-3-11-7-16(23)15(21)8-20(11,18)2/h11-16,18,23H,3-9H2,1-2H3/t11-,12+,13-,14-,15-,16-,18+,19+,20-/m0/s1. The lowest BCUT2D eigenvalue weighted by atomic mass is 9.44. The van der Waals surface area contributed by atoms with Crippen molar-refractivity contribution in [1.82, 2.24) is 0 Å². The molecule has 4 saturated carbocycles. The molecule has 0 aromatic heterocycles. The van der Waals surface area contributed by atoms with Crippen LogP contribution in [0.15, 0.2) is 0 Å². The normalized spacial score (nSPS) is 56.8. The fraction of sp³-hybridized carbons (Fsp3) is 0.900. The lowest BCUT2D eigenvalue weighted by Gasteiger charge is -2.60. The Hall–Kier alpha value is -0.400. The minimum Gasteiger partial charge on any atom is -0.392 e. The smallest absolute Gasteiger partial charge is 0.137 e. The maximum absolute atomic E-state index is 13.3. The van der Waals surface area contributed by atoms with Crippen LogP contribution in [-0.4, -0.2) is 21.8 Å². The van der Waals surface area contributed by atoms with E-state index in [-0.39, 0.29) is 33.6 Å². The number of ketones is 1. The number of nitriles is 1. The molecule has 4 aliphatic carbocycles. The third-order valence-corrected chi connectivity index (χ3v) is 9.42. The first-order valence-corrected chi connectivity index (χ1v) is 10.5. The largest absolute Gasteiger partial charge is 0.392 e. The van der Waals surface area contributed by atoms with E-state index in [0.29, 0.717) is 30.0 Å². The second kappa shape index (κ2) is 5.55. The molecular weight excluding hydrogens is 366 g/mol. The number of fused-ring (bicyclic) bond motifs is 5. The molecule has 132 valence electrons. The monoisotopic (exact) mass is 393 g/mol. The molecule has 0 heterocycles. The van der Waals surface area contributed by atoms with Gasteiger partial charge < -0.3 is 5.11 Å². The van der Waals surface area contributed by atoms with Crippen LogP contribution in [0.4, 0.5) is 0 Å². The molecule has 4 rings (SSSR count). The lowest BCUT2D eigenvalue weighted by Crippen LogP contribution is -2.59. The second-order valence-electron chi connectivity index (χ2n) is 9.46. The van der Waals surface area contributed by atoms with E-state index in [2.05, 4.69) is 35.8 Å². The van der Waals surface area contributed by atoms with Gasteiger partial charge in [-0.3, -0.25) is 4.79 Å². The molecule has 0 aliphatic heterocycles. The number of halogens is 1. The summed E-state index contributed by atoms with van der Waals surface area (Å²) in [4.78, 5) is 13.4. The fourth-order valence-corrected chi connectivity index (χ4v) is 8.18. The van der Waals surface area contributed by atoms with E-state index >= 15 is 0 Å². The van der Waals surface area contributed by atoms with Crippen LogP contribution in [0.1, 0.15) is 58.8 Å². The lowest BCUT2D eigenvalue weighted by molar-refractivity contribution is -0.159. The fourth-order valence-electron chi connectivity index (χ4n) is 7.27. The maximum atomic E-state index is 13.3. The number of Topliss-reactive ketones (excluding diaryl/α,β-unsaturated/α-hetero) is 1. The van der Waals surface area contributed by atoms with Crippen molar-refractivity contribution >= 4 is 21.7 Å². The number of alkyl halides is 1. The SMILES string of the molecule is C[C@]12C[C@H](Br)[C@@H](O)C[C@@H]1CC[C@H]1[C@@H]3CC[C@H](C#N)[C@@]3(C)CC(=O)[C@@H]12. The van der Waals surface area contributed by atoms with Gasteiger partial charge in [-0.05, 0) is 67.1 Å². The third kappa shape index (κ3) is 2.13. The predicted molar refractivity (Wildman–Crippen MR) is 95.3 cm³/mol. The number of aliphatic hydroxyl groups is 1. The average Bonchev–Trinajstić information content (AvgIpc) is 2.84. The third-order valence-electron chi connectivity index (χ3n) is 8.48. The summed E-state index contributed by atoms with van der Waals surface area (Å²) in [6, 6.07) is 2.51. The zero-order chi connectivity index (χ0) is 17.3. The Balaban J connectivity index is 1.70. The van der Waals surface area contributed by atoms with Gasteiger partial charge in [0.05, 0.1) is 18.1 Å². The Kier molecular flexibility index (Phi) is 3.94. The maximum Gasteiger partial charge on any atom is 0.137 e. The van der Waals surface area contributed by atoms with Crippen molar-refractivity contribution in [3.63, 3.8) is 0 Å². The number of hydrogen-bond acceptors (Lipinski definition) is 3. The highest BCUT2D eigenvalue weighted by molar-refractivity contribution is 9.09. The molecule has 0 bridgehead atoms. The number of carbonyl (C=O) groups is 1.